The van der Waals surface area contributed by atoms with Gasteiger partial charge in [-0.2, -0.15) is 5.26 Å². The summed E-state index contributed by atoms with van der Waals surface area (Å²) in [6.45, 7) is 3.60. The van der Waals surface area contributed by atoms with Gasteiger partial charge in [-0.05, 0) is 18.1 Å². The second-order valence-electron chi connectivity index (χ2n) is 3.44. The summed E-state index contributed by atoms with van der Waals surface area (Å²) in [6.07, 6.45) is 0. The SMILES string of the molecule is C[C@@H]1c2ccccc2CN1CC#N. The molecule has 2 rings (SSSR count). The molecule has 1 aromatic rings. The predicted molar refractivity (Wildman–Crippen MR) is 50.9 cm³/mol. The molecule has 0 amide bonds. The summed E-state index contributed by atoms with van der Waals surface area (Å²) in [5.74, 6) is 0. The summed E-state index contributed by atoms with van der Waals surface area (Å²) in [4.78, 5) is 2.19. The highest BCUT2D eigenvalue weighted by molar-refractivity contribution is 5.33. The second-order valence-corrected chi connectivity index (χ2v) is 3.44. The minimum atomic E-state index is 0.399. The molecule has 0 saturated heterocycles. The molecule has 0 unspecified atom stereocenters. The van der Waals surface area contributed by atoms with Crippen LogP contribution in [-0.2, 0) is 6.54 Å². The molecule has 0 N–H and O–H groups in total. The second kappa shape index (κ2) is 3.20. The summed E-state index contributed by atoms with van der Waals surface area (Å²) in [5, 5.41) is 8.63. The molecule has 2 heteroatoms. The Morgan fingerprint density at radius 1 is 1.54 bits per heavy atom. The van der Waals surface area contributed by atoms with Gasteiger partial charge in [0.15, 0.2) is 0 Å². The third-order valence-electron chi connectivity index (χ3n) is 2.70. The summed E-state index contributed by atoms with van der Waals surface area (Å²) < 4.78 is 0. The van der Waals surface area contributed by atoms with Crippen molar-refractivity contribution in [3.05, 3.63) is 35.4 Å². The van der Waals surface area contributed by atoms with E-state index in [2.05, 4.69) is 42.2 Å². The highest BCUT2D eigenvalue weighted by Crippen LogP contribution is 2.32. The number of nitrogens with zero attached hydrogens (tertiary/aromatic N) is 2. The first-order valence-electron chi connectivity index (χ1n) is 4.51. The molecule has 0 fully saturated rings. The Labute approximate surface area is 78.4 Å². The van der Waals surface area contributed by atoms with E-state index in [9.17, 15) is 0 Å². The van der Waals surface area contributed by atoms with Crippen LogP contribution in [0.1, 0.15) is 24.1 Å². The first-order valence-corrected chi connectivity index (χ1v) is 4.51. The van der Waals surface area contributed by atoms with Crippen molar-refractivity contribution in [1.29, 1.82) is 5.26 Å². The lowest BCUT2D eigenvalue weighted by atomic mass is 10.1. The molecule has 2 nitrogen and oxygen atoms in total. The van der Waals surface area contributed by atoms with Crippen LogP contribution < -0.4 is 0 Å². The zero-order chi connectivity index (χ0) is 9.26. The van der Waals surface area contributed by atoms with E-state index in [-0.39, 0.29) is 0 Å². The van der Waals surface area contributed by atoms with E-state index in [0.717, 1.165) is 6.54 Å². The van der Waals surface area contributed by atoms with Crippen molar-refractivity contribution < 1.29 is 0 Å². The van der Waals surface area contributed by atoms with Gasteiger partial charge in [-0.3, -0.25) is 4.90 Å². The third kappa shape index (κ3) is 1.32. The van der Waals surface area contributed by atoms with Crippen molar-refractivity contribution in [3.8, 4) is 6.07 Å². The van der Waals surface area contributed by atoms with Gasteiger partial charge in [0.05, 0.1) is 12.6 Å². The largest absolute Gasteiger partial charge is 0.279 e. The molecule has 0 aromatic heterocycles. The van der Waals surface area contributed by atoms with E-state index in [1.807, 2.05) is 0 Å². The van der Waals surface area contributed by atoms with Crippen LogP contribution in [0.5, 0.6) is 0 Å². The highest BCUT2D eigenvalue weighted by Gasteiger charge is 2.25. The monoisotopic (exact) mass is 172 g/mol. The number of benzene rings is 1. The molecule has 1 aliphatic heterocycles. The topological polar surface area (TPSA) is 27.0 Å². The molecule has 1 aromatic carbocycles. The van der Waals surface area contributed by atoms with Crippen molar-refractivity contribution in [2.45, 2.75) is 19.5 Å². The minimum absolute atomic E-state index is 0.399. The third-order valence-corrected chi connectivity index (χ3v) is 2.70. The zero-order valence-electron chi connectivity index (χ0n) is 7.70. The van der Waals surface area contributed by atoms with Gasteiger partial charge in [0.1, 0.15) is 0 Å². The average Bonchev–Trinajstić information content (AvgIpc) is 2.46. The number of nitriles is 1. The molecule has 1 aliphatic rings. The van der Waals surface area contributed by atoms with Gasteiger partial charge in [-0.15, -0.1) is 0 Å². The van der Waals surface area contributed by atoms with Crippen LogP contribution in [0.4, 0.5) is 0 Å². The zero-order valence-corrected chi connectivity index (χ0v) is 7.70. The highest BCUT2D eigenvalue weighted by atomic mass is 15.2. The van der Waals surface area contributed by atoms with Crippen LogP contribution in [-0.4, -0.2) is 11.4 Å². The fourth-order valence-corrected chi connectivity index (χ4v) is 1.92. The number of hydrogen-bond acceptors (Lipinski definition) is 2. The lowest BCUT2D eigenvalue weighted by molar-refractivity contribution is 0.259. The van der Waals surface area contributed by atoms with E-state index in [1.54, 1.807) is 0 Å². The van der Waals surface area contributed by atoms with E-state index >= 15 is 0 Å². The van der Waals surface area contributed by atoms with Gasteiger partial charge < -0.3 is 0 Å². The van der Waals surface area contributed by atoms with Crippen molar-refractivity contribution in [3.63, 3.8) is 0 Å². The standard InChI is InChI=1S/C11H12N2/c1-9-11-5-3-2-4-10(11)8-13(9)7-6-12/h2-5,9H,7-8H2,1H3/t9-/m1/s1. The molecule has 66 valence electrons. The molecule has 0 spiro atoms. The Balaban J connectivity index is 2.28. The van der Waals surface area contributed by atoms with Crippen LogP contribution in [0, 0.1) is 11.3 Å². The molecule has 0 radical (unpaired) electrons. The van der Waals surface area contributed by atoms with Gasteiger partial charge in [0, 0.05) is 12.6 Å². The van der Waals surface area contributed by atoms with E-state index in [0.29, 0.717) is 12.6 Å². The van der Waals surface area contributed by atoms with Crippen LogP contribution in [0.25, 0.3) is 0 Å². The van der Waals surface area contributed by atoms with Gasteiger partial charge in [-0.1, -0.05) is 24.3 Å². The summed E-state index contributed by atoms with van der Waals surface area (Å²) in [6, 6.07) is 11.0. The molecule has 13 heavy (non-hydrogen) atoms. The molecule has 0 bridgehead atoms. The Kier molecular flexibility index (Phi) is 2.03. The first kappa shape index (κ1) is 8.28. The van der Waals surface area contributed by atoms with Gasteiger partial charge in [-0.25, -0.2) is 0 Å². The van der Waals surface area contributed by atoms with Crippen molar-refractivity contribution in [1.82, 2.24) is 4.90 Å². The summed E-state index contributed by atoms with van der Waals surface area (Å²) in [5.41, 5.74) is 2.74. The molecule has 0 saturated carbocycles. The van der Waals surface area contributed by atoms with Gasteiger partial charge in [0.25, 0.3) is 0 Å². The predicted octanol–water partition coefficient (Wildman–Crippen LogP) is 2.09. The number of fused-ring (bicyclic) bond motifs is 1. The number of rotatable bonds is 1. The van der Waals surface area contributed by atoms with E-state index in [4.69, 9.17) is 5.26 Å². The molecule has 1 atom stereocenters. The van der Waals surface area contributed by atoms with E-state index < -0.39 is 0 Å². The molecular formula is C11H12N2. The van der Waals surface area contributed by atoms with Crippen LogP contribution in [0.2, 0.25) is 0 Å². The van der Waals surface area contributed by atoms with Gasteiger partial charge in [0.2, 0.25) is 0 Å². The summed E-state index contributed by atoms with van der Waals surface area (Å²) >= 11 is 0. The van der Waals surface area contributed by atoms with Crippen molar-refractivity contribution in [2.24, 2.45) is 0 Å². The lowest BCUT2D eigenvalue weighted by Crippen LogP contribution is -2.19. The maximum absolute atomic E-state index is 8.63. The lowest BCUT2D eigenvalue weighted by Gasteiger charge is -2.17. The first-order chi connectivity index (χ1) is 6.33. The van der Waals surface area contributed by atoms with Crippen molar-refractivity contribution >= 4 is 0 Å². The average molecular weight is 172 g/mol. The fraction of sp³-hybridized carbons (Fsp3) is 0.364. The van der Waals surface area contributed by atoms with Gasteiger partial charge >= 0.3 is 0 Å². The molecular weight excluding hydrogens is 160 g/mol. The summed E-state index contributed by atoms with van der Waals surface area (Å²) in [7, 11) is 0. The van der Waals surface area contributed by atoms with Crippen LogP contribution in [0.15, 0.2) is 24.3 Å². The molecule has 0 aliphatic carbocycles. The van der Waals surface area contributed by atoms with Crippen LogP contribution in [0.3, 0.4) is 0 Å². The van der Waals surface area contributed by atoms with Crippen LogP contribution >= 0.6 is 0 Å². The Bertz CT molecular complexity index is 351. The normalized spacial score (nSPS) is 21.1. The Morgan fingerprint density at radius 3 is 3.00 bits per heavy atom. The fourth-order valence-electron chi connectivity index (χ4n) is 1.92. The maximum atomic E-state index is 8.63. The minimum Gasteiger partial charge on any atom is -0.279 e. The van der Waals surface area contributed by atoms with Crippen molar-refractivity contribution in [2.75, 3.05) is 6.54 Å². The number of hydrogen-bond donors (Lipinski definition) is 0. The quantitative estimate of drug-likeness (QED) is 0.606. The maximum Gasteiger partial charge on any atom is 0.0873 e. The van der Waals surface area contributed by atoms with E-state index in [1.165, 1.54) is 11.1 Å². The Morgan fingerprint density at radius 2 is 2.31 bits per heavy atom. The Hall–Kier alpha value is -1.33. The molecule has 1 heterocycles. The smallest absolute Gasteiger partial charge is 0.0873 e.